The SMILES string of the molecule is CCCN(CCC)CCC(CO)NC1CC1. The average Bonchev–Trinajstić information content (AvgIpc) is 3.08. The molecule has 0 aromatic heterocycles. The Kier molecular flexibility index (Phi) is 7.01. The highest BCUT2D eigenvalue weighted by Crippen LogP contribution is 2.19. The zero-order valence-corrected chi connectivity index (χ0v) is 10.9. The number of rotatable bonds is 10. The Morgan fingerprint density at radius 2 is 1.81 bits per heavy atom. The molecule has 0 heterocycles. The van der Waals surface area contributed by atoms with Gasteiger partial charge in [0.1, 0.15) is 0 Å². The van der Waals surface area contributed by atoms with Crippen molar-refractivity contribution < 1.29 is 5.11 Å². The van der Waals surface area contributed by atoms with E-state index in [1.807, 2.05) is 0 Å². The van der Waals surface area contributed by atoms with E-state index in [1.54, 1.807) is 0 Å². The second kappa shape index (κ2) is 8.04. The van der Waals surface area contributed by atoms with Crippen molar-refractivity contribution in [2.45, 2.75) is 58.0 Å². The summed E-state index contributed by atoms with van der Waals surface area (Å²) in [7, 11) is 0. The normalized spacial score (nSPS) is 18.0. The molecule has 1 aliphatic rings. The van der Waals surface area contributed by atoms with E-state index in [1.165, 1.54) is 38.8 Å². The van der Waals surface area contributed by atoms with Gasteiger partial charge in [-0.15, -0.1) is 0 Å². The molecule has 1 unspecified atom stereocenters. The Hall–Kier alpha value is -0.120. The Bertz CT molecular complexity index is 163. The molecule has 0 bridgehead atoms. The second-order valence-electron chi connectivity index (χ2n) is 4.95. The lowest BCUT2D eigenvalue weighted by molar-refractivity contribution is 0.204. The third-order valence-electron chi connectivity index (χ3n) is 3.14. The van der Waals surface area contributed by atoms with Gasteiger partial charge in [-0.25, -0.2) is 0 Å². The Morgan fingerprint density at radius 1 is 1.19 bits per heavy atom. The predicted molar refractivity (Wildman–Crippen MR) is 68.7 cm³/mol. The van der Waals surface area contributed by atoms with Crippen LogP contribution in [0.2, 0.25) is 0 Å². The Balaban J connectivity index is 2.16. The van der Waals surface area contributed by atoms with E-state index in [0.29, 0.717) is 12.1 Å². The van der Waals surface area contributed by atoms with E-state index in [2.05, 4.69) is 24.1 Å². The van der Waals surface area contributed by atoms with Gasteiger partial charge in [0.25, 0.3) is 0 Å². The van der Waals surface area contributed by atoms with Gasteiger partial charge in [0.15, 0.2) is 0 Å². The number of nitrogens with one attached hydrogen (secondary N) is 1. The second-order valence-corrected chi connectivity index (χ2v) is 4.95. The number of hydrogen-bond acceptors (Lipinski definition) is 3. The maximum Gasteiger partial charge on any atom is 0.0585 e. The molecule has 1 atom stereocenters. The van der Waals surface area contributed by atoms with Crippen molar-refractivity contribution in [1.82, 2.24) is 10.2 Å². The summed E-state index contributed by atoms with van der Waals surface area (Å²) in [6.07, 6.45) is 6.11. The van der Waals surface area contributed by atoms with Crippen LogP contribution in [0.4, 0.5) is 0 Å². The van der Waals surface area contributed by atoms with Gasteiger partial charge in [0, 0.05) is 12.1 Å². The van der Waals surface area contributed by atoms with E-state index in [0.717, 1.165) is 13.0 Å². The maximum absolute atomic E-state index is 9.29. The third kappa shape index (κ3) is 5.83. The first-order valence-electron chi connectivity index (χ1n) is 6.89. The molecule has 96 valence electrons. The average molecular weight is 228 g/mol. The molecule has 16 heavy (non-hydrogen) atoms. The molecule has 0 radical (unpaired) electrons. The van der Waals surface area contributed by atoms with Crippen molar-refractivity contribution in [1.29, 1.82) is 0 Å². The van der Waals surface area contributed by atoms with Gasteiger partial charge < -0.3 is 15.3 Å². The fourth-order valence-electron chi connectivity index (χ4n) is 2.12. The molecule has 1 fully saturated rings. The summed E-state index contributed by atoms with van der Waals surface area (Å²) in [5, 5.41) is 12.8. The van der Waals surface area contributed by atoms with Crippen molar-refractivity contribution in [2.75, 3.05) is 26.2 Å². The third-order valence-corrected chi connectivity index (χ3v) is 3.14. The van der Waals surface area contributed by atoms with Crippen LogP contribution >= 0.6 is 0 Å². The summed E-state index contributed by atoms with van der Waals surface area (Å²) in [4.78, 5) is 2.51. The molecule has 0 saturated heterocycles. The smallest absolute Gasteiger partial charge is 0.0585 e. The summed E-state index contributed by atoms with van der Waals surface area (Å²) in [5.74, 6) is 0. The number of aliphatic hydroxyl groups is 1. The predicted octanol–water partition coefficient (Wildman–Crippen LogP) is 1.61. The monoisotopic (exact) mass is 228 g/mol. The molecule has 1 aliphatic carbocycles. The van der Waals surface area contributed by atoms with E-state index >= 15 is 0 Å². The van der Waals surface area contributed by atoms with Crippen molar-refractivity contribution in [3.63, 3.8) is 0 Å². The van der Waals surface area contributed by atoms with Gasteiger partial charge in [-0.2, -0.15) is 0 Å². The largest absolute Gasteiger partial charge is 0.395 e. The fraction of sp³-hybridized carbons (Fsp3) is 1.00. The molecule has 1 saturated carbocycles. The zero-order valence-electron chi connectivity index (χ0n) is 10.9. The lowest BCUT2D eigenvalue weighted by Gasteiger charge is -2.24. The first kappa shape index (κ1) is 13.9. The quantitative estimate of drug-likeness (QED) is 0.596. The van der Waals surface area contributed by atoms with E-state index < -0.39 is 0 Å². The van der Waals surface area contributed by atoms with Crippen molar-refractivity contribution >= 4 is 0 Å². The molecule has 3 nitrogen and oxygen atoms in total. The molecule has 0 aromatic rings. The van der Waals surface area contributed by atoms with Crippen LogP contribution in [-0.2, 0) is 0 Å². The van der Waals surface area contributed by atoms with Crippen LogP contribution in [0.25, 0.3) is 0 Å². The van der Waals surface area contributed by atoms with Gasteiger partial charge in [0.2, 0.25) is 0 Å². The summed E-state index contributed by atoms with van der Waals surface area (Å²) in [6.45, 7) is 8.24. The number of hydrogen-bond donors (Lipinski definition) is 2. The fourth-order valence-corrected chi connectivity index (χ4v) is 2.12. The molecule has 0 amide bonds. The molecule has 1 rings (SSSR count). The highest BCUT2D eigenvalue weighted by molar-refractivity contribution is 4.85. The summed E-state index contributed by atoms with van der Waals surface area (Å²) in [6, 6.07) is 1.01. The summed E-state index contributed by atoms with van der Waals surface area (Å²) >= 11 is 0. The van der Waals surface area contributed by atoms with E-state index in [9.17, 15) is 5.11 Å². The van der Waals surface area contributed by atoms with Crippen LogP contribution in [0.3, 0.4) is 0 Å². The molecule has 0 aliphatic heterocycles. The number of aliphatic hydroxyl groups excluding tert-OH is 1. The van der Waals surface area contributed by atoms with Crippen LogP contribution in [0.1, 0.15) is 46.0 Å². The Labute approximate surface area is 100 Å². The van der Waals surface area contributed by atoms with Gasteiger partial charge in [-0.3, -0.25) is 0 Å². The standard InChI is InChI=1S/C13H28N2O/c1-3-8-15(9-4-2)10-7-13(11-16)14-12-5-6-12/h12-14,16H,3-11H2,1-2H3. The topological polar surface area (TPSA) is 35.5 Å². The van der Waals surface area contributed by atoms with Crippen LogP contribution in [-0.4, -0.2) is 48.3 Å². The summed E-state index contributed by atoms with van der Waals surface area (Å²) in [5.41, 5.74) is 0. The lowest BCUT2D eigenvalue weighted by Crippen LogP contribution is -2.38. The first-order valence-corrected chi connectivity index (χ1v) is 6.89. The number of nitrogens with zero attached hydrogens (tertiary/aromatic N) is 1. The van der Waals surface area contributed by atoms with Gasteiger partial charge in [0.05, 0.1) is 6.61 Å². The molecular formula is C13H28N2O. The lowest BCUT2D eigenvalue weighted by atomic mass is 10.2. The van der Waals surface area contributed by atoms with E-state index in [4.69, 9.17) is 0 Å². The first-order chi connectivity index (χ1) is 7.80. The highest BCUT2D eigenvalue weighted by atomic mass is 16.3. The van der Waals surface area contributed by atoms with Gasteiger partial charge >= 0.3 is 0 Å². The molecule has 3 heteroatoms. The molecule has 0 aromatic carbocycles. The molecule has 0 spiro atoms. The molecular weight excluding hydrogens is 200 g/mol. The minimum atomic E-state index is 0.280. The van der Waals surface area contributed by atoms with Crippen LogP contribution in [0, 0.1) is 0 Å². The Morgan fingerprint density at radius 3 is 2.25 bits per heavy atom. The van der Waals surface area contributed by atoms with E-state index in [-0.39, 0.29) is 6.61 Å². The van der Waals surface area contributed by atoms with Crippen LogP contribution in [0.5, 0.6) is 0 Å². The summed E-state index contributed by atoms with van der Waals surface area (Å²) < 4.78 is 0. The van der Waals surface area contributed by atoms with Crippen LogP contribution < -0.4 is 5.32 Å². The van der Waals surface area contributed by atoms with Crippen molar-refractivity contribution in [3.05, 3.63) is 0 Å². The van der Waals surface area contributed by atoms with Crippen LogP contribution in [0.15, 0.2) is 0 Å². The van der Waals surface area contributed by atoms with Gasteiger partial charge in [-0.05, 0) is 51.7 Å². The molecule has 2 N–H and O–H groups in total. The van der Waals surface area contributed by atoms with Gasteiger partial charge in [-0.1, -0.05) is 13.8 Å². The van der Waals surface area contributed by atoms with Crippen molar-refractivity contribution in [2.24, 2.45) is 0 Å². The highest BCUT2D eigenvalue weighted by Gasteiger charge is 2.24. The minimum absolute atomic E-state index is 0.280. The minimum Gasteiger partial charge on any atom is -0.395 e. The maximum atomic E-state index is 9.29. The zero-order chi connectivity index (χ0) is 11.8. The van der Waals surface area contributed by atoms with Crippen molar-refractivity contribution in [3.8, 4) is 0 Å².